The lowest BCUT2D eigenvalue weighted by Gasteiger charge is -2.45. The van der Waals surface area contributed by atoms with Crippen molar-refractivity contribution in [1.29, 1.82) is 0 Å². The standard InChI is InChI=1S/C17H35N/c1-14(2)9-7-8-10-18-15-11-16(3,4)13-17(5,6)12-15/h14-15,18H,7-13H2,1-6H3. The third-order valence-electron chi connectivity index (χ3n) is 4.20. The summed E-state index contributed by atoms with van der Waals surface area (Å²) in [7, 11) is 0. The van der Waals surface area contributed by atoms with Gasteiger partial charge in [-0.2, -0.15) is 0 Å². The smallest absolute Gasteiger partial charge is 0.00772 e. The number of hydrogen-bond acceptors (Lipinski definition) is 1. The lowest BCUT2D eigenvalue weighted by molar-refractivity contribution is 0.0850. The predicted octanol–water partition coefficient (Wildman–Crippen LogP) is 5.01. The summed E-state index contributed by atoms with van der Waals surface area (Å²) in [4.78, 5) is 0. The fraction of sp³-hybridized carbons (Fsp3) is 1.00. The van der Waals surface area contributed by atoms with E-state index in [0.29, 0.717) is 10.8 Å². The van der Waals surface area contributed by atoms with Crippen LogP contribution in [0.4, 0.5) is 0 Å². The molecule has 1 N–H and O–H groups in total. The van der Waals surface area contributed by atoms with Crippen molar-refractivity contribution in [2.24, 2.45) is 16.7 Å². The molecule has 0 heterocycles. The lowest BCUT2D eigenvalue weighted by Crippen LogP contribution is -2.44. The Hall–Kier alpha value is -0.0400. The van der Waals surface area contributed by atoms with Crippen molar-refractivity contribution in [3.05, 3.63) is 0 Å². The molecule has 0 aromatic rings. The van der Waals surface area contributed by atoms with Crippen LogP contribution in [0.1, 0.15) is 80.1 Å². The van der Waals surface area contributed by atoms with Crippen LogP contribution in [0.15, 0.2) is 0 Å². The van der Waals surface area contributed by atoms with E-state index >= 15 is 0 Å². The van der Waals surface area contributed by atoms with E-state index in [1.54, 1.807) is 0 Å². The highest BCUT2D eigenvalue weighted by molar-refractivity contribution is 4.92. The molecule has 108 valence electrons. The Kier molecular flexibility index (Phi) is 5.70. The molecule has 0 unspecified atom stereocenters. The second kappa shape index (κ2) is 6.41. The normalized spacial score (nSPS) is 23.5. The average molecular weight is 253 g/mol. The van der Waals surface area contributed by atoms with Gasteiger partial charge in [0.2, 0.25) is 0 Å². The second-order valence-electron chi connectivity index (χ2n) is 8.45. The van der Waals surface area contributed by atoms with Gasteiger partial charge in [0.05, 0.1) is 0 Å². The lowest BCUT2D eigenvalue weighted by atomic mass is 9.63. The molecule has 0 spiro atoms. The van der Waals surface area contributed by atoms with E-state index in [0.717, 1.165) is 12.0 Å². The highest BCUT2D eigenvalue weighted by Crippen LogP contribution is 2.45. The zero-order chi connectivity index (χ0) is 13.8. The van der Waals surface area contributed by atoms with Gasteiger partial charge < -0.3 is 5.32 Å². The van der Waals surface area contributed by atoms with Gasteiger partial charge in [0, 0.05) is 6.04 Å². The molecule has 1 fully saturated rings. The van der Waals surface area contributed by atoms with Gasteiger partial charge in [0.15, 0.2) is 0 Å². The third-order valence-corrected chi connectivity index (χ3v) is 4.20. The maximum Gasteiger partial charge on any atom is 0.00772 e. The Bertz CT molecular complexity index is 224. The van der Waals surface area contributed by atoms with E-state index in [2.05, 4.69) is 46.9 Å². The van der Waals surface area contributed by atoms with Crippen LogP contribution >= 0.6 is 0 Å². The molecule has 1 rings (SSSR count). The molecule has 1 heteroatoms. The molecule has 0 bridgehead atoms. The molecular weight excluding hydrogens is 218 g/mol. The summed E-state index contributed by atoms with van der Waals surface area (Å²) >= 11 is 0. The van der Waals surface area contributed by atoms with Gasteiger partial charge >= 0.3 is 0 Å². The van der Waals surface area contributed by atoms with Gasteiger partial charge in [-0.1, -0.05) is 54.4 Å². The van der Waals surface area contributed by atoms with Crippen molar-refractivity contribution < 1.29 is 0 Å². The van der Waals surface area contributed by atoms with Gasteiger partial charge in [-0.05, 0) is 49.0 Å². The summed E-state index contributed by atoms with van der Waals surface area (Å²) in [6, 6.07) is 0.739. The van der Waals surface area contributed by atoms with Crippen LogP contribution in [0.5, 0.6) is 0 Å². The minimum absolute atomic E-state index is 0.511. The van der Waals surface area contributed by atoms with Gasteiger partial charge in [-0.15, -0.1) is 0 Å². The fourth-order valence-electron chi connectivity index (χ4n) is 3.97. The summed E-state index contributed by atoms with van der Waals surface area (Å²) in [6.07, 6.45) is 8.16. The Morgan fingerprint density at radius 3 is 2.06 bits per heavy atom. The van der Waals surface area contributed by atoms with Crippen LogP contribution in [-0.4, -0.2) is 12.6 Å². The number of rotatable bonds is 6. The van der Waals surface area contributed by atoms with E-state index in [1.165, 1.54) is 45.1 Å². The first-order valence-corrected chi connectivity index (χ1v) is 7.94. The molecule has 0 aliphatic heterocycles. The third kappa shape index (κ3) is 6.22. The molecule has 18 heavy (non-hydrogen) atoms. The van der Waals surface area contributed by atoms with Crippen LogP contribution < -0.4 is 5.32 Å². The van der Waals surface area contributed by atoms with Crippen molar-refractivity contribution >= 4 is 0 Å². The maximum absolute atomic E-state index is 3.81. The van der Waals surface area contributed by atoms with E-state index < -0.39 is 0 Å². The Labute approximate surface area is 115 Å². The van der Waals surface area contributed by atoms with E-state index in [-0.39, 0.29) is 0 Å². The fourth-order valence-corrected chi connectivity index (χ4v) is 3.97. The van der Waals surface area contributed by atoms with Crippen molar-refractivity contribution in [2.75, 3.05) is 6.54 Å². The van der Waals surface area contributed by atoms with Gasteiger partial charge in [0.1, 0.15) is 0 Å². The summed E-state index contributed by atoms with van der Waals surface area (Å²) in [5, 5.41) is 3.81. The Balaban J connectivity index is 2.25. The Morgan fingerprint density at radius 1 is 1.00 bits per heavy atom. The average Bonchev–Trinajstić information content (AvgIpc) is 2.11. The van der Waals surface area contributed by atoms with Crippen molar-refractivity contribution in [2.45, 2.75) is 86.1 Å². The number of hydrogen-bond donors (Lipinski definition) is 1. The largest absolute Gasteiger partial charge is 0.314 e. The van der Waals surface area contributed by atoms with Crippen LogP contribution in [0.2, 0.25) is 0 Å². The maximum atomic E-state index is 3.81. The molecule has 0 aromatic heterocycles. The number of nitrogens with one attached hydrogen (secondary N) is 1. The first kappa shape index (κ1) is 16.0. The molecule has 0 saturated heterocycles. The molecule has 0 aromatic carbocycles. The van der Waals surface area contributed by atoms with Crippen molar-refractivity contribution in [3.8, 4) is 0 Å². The Morgan fingerprint density at radius 2 is 1.56 bits per heavy atom. The zero-order valence-electron chi connectivity index (χ0n) is 13.6. The van der Waals surface area contributed by atoms with Gasteiger partial charge in [0.25, 0.3) is 0 Å². The minimum Gasteiger partial charge on any atom is -0.314 e. The van der Waals surface area contributed by atoms with Crippen LogP contribution in [-0.2, 0) is 0 Å². The molecule has 0 amide bonds. The summed E-state index contributed by atoms with van der Waals surface area (Å²) in [5.74, 6) is 0.859. The minimum atomic E-state index is 0.511. The molecule has 1 saturated carbocycles. The topological polar surface area (TPSA) is 12.0 Å². The highest BCUT2D eigenvalue weighted by atomic mass is 14.9. The van der Waals surface area contributed by atoms with Gasteiger partial charge in [-0.3, -0.25) is 0 Å². The van der Waals surface area contributed by atoms with Gasteiger partial charge in [-0.25, -0.2) is 0 Å². The quantitative estimate of drug-likeness (QED) is 0.656. The molecule has 1 aliphatic carbocycles. The summed E-state index contributed by atoms with van der Waals surface area (Å²) < 4.78 is 0. The van der Waals surface area contributed by atoms with E-state index in [9.17, 15) is 0 Å². The van der Waals surface area contributed by atoms with Crippen LogP contribution in [0.3, 0.4) is 0 Å². The monoisotopic (exact) mass is 253 g/mol. The van der Waals surface area contributed by atoms with E-state index in [1.807, 2.05) is 0 Å². The van der Waals surface area contributed by atoms with Crippen LogP contribution in [0.25, 0.3) is 0 Å². The number of unbranched alkanes of at least 4 members (excludes halogenated alkanes) is 1. The highest BCUT2D eigenvalue weighted by Gasteiger charge is 2.37. The zero-order valence-corrected chi connectivity index (χ0v) is 13.6. The first-order chi connectivity index (χ1) is 8.20. The molecular formula is C17H35N. The van der Waals surface area contributed by atoms with Crippen molar-refractivity contribution in [3.63, 3.8) is 0 Å². The van der Waals surface area contributed by atoms with Crippen LogP contribution in [0, 0.1) is 16.7 Å². The predicted molar refractivity (Wildman–Crippen MR) is 81.9 cm³/mol. The molecule has 1 nitrogen and oxygen atoms in total. The van der Waals surface area contributed by atoms with E-state index in [4.69, 9.17) is 0 Å². The van der Waals surface area contributed by atoms with Crippen molar-refractivity contribution in [1.82, 2.24) is 5.32 Å². The second-order valence-corrected chi connectivity index (χ2v) is 8.45. The molecule has 1 aliphatic rings. The molecule has 0 atom stereocenters. The summed E-state index contributed by atoms with van der Waals surface area (Å²) in [5.41, 5.74) is 1.02. The first-order valence-electron chi connectivity index (χ1n) is 7.94. The summed E-state index contributed by atoms with van der Waals surface area (Å²) in [6.45, 7) is 15.6. The SMILES string of the molecule is CC(C)CCCCNC1CC(C)(C)CC(C)(C)C1. The molecule has 0 radical (unpaired) electrons.